The number of likely N-dealkylation sites (tertiary alicyclic amines) is 1. The molecule has 1 heterocycles. The highest BCUT2D eigenvalue weighted by Crippen LogP contribution is 2.28. The predicted molar refractivity (Wildman–Crippen MR) is 61.4 cm³/mol. The van der Waals surface area contributed by atoms with E-state index in [0.717, 1.165) is 11.8 Å². The lowest BCUT2D eigenvalue weighted by Gasteiger charge is -2.31. The first-order valence-corrected chi connectivity index (χ1v) is 6.57. The summed E-state index contributed by atoms with van der Waals surface area (Å²) < 4.78 is 0. The summed E-state index contributed by atoms with van der Waals surface area (Å²) in [6, 6.07) is 0. The van der Waals surface area contributed by atoms with Crippen LogP contribution in [0.2, 0.25) is 0 Å². The van der Waals surface area contributed by atoms with E-state index in [-0.39, 0.29) is 0 Å². The van der Waals surface area contributed by atoms with Gasteiger partial charge < -0.3 is 4.90 Å². The zero-order valence-electron chi connectivity index (χ0n) is 9.67. The molecule has 14 heavy (non-hydrogen) atoms. The third-order valence-corrected chi connectivity index (χ3v) is 4.07. The van der Waals surface area contributed by atoms with Crippen molar-refractivity contribution in [2.45, 2.75) is 51.9 Å². The molecule has 1 heteroatoms. The van der Waals surface area contributed by atoms with Gasteiger partial charge in [0.1, 0.15) is 0 Å². The number of nitrogens with zero attached hydrogens (tertiary/aromatic N) is 1. The fourth-order valence-corrected chi connectivity index (χ4v) is 3.15. The predicted octanol–water partition coefficient (Wildman–Crippen LogP) is 3.30. The number of hydrogen-bond acceptors (Lipinski definition) is 1. The lowest BCUT2D eigenvalue weighted by atomic mass is 9.98. The van der Waals surface area contributed by atoms with Gasteiger partial charge in [0.05, 0.1) is 0 Å². The summed E-state index contributed by atoms with van der Waals surface area (Å²) in [5.41, 5.74) is 0. The number of rotatable bonds is 3. The molecule has 0 N–H and O–H groups in total. The molecule has 1 aliphatic heterocycles. The maximum absolute atomic E-state index is 2.70. The summed E-state index contributed by atoms with van der Waals surface area (Å²) in [5, 5.41) is 0. The van der Waals surface area contributed by atoms with Crippen LogP contribution in [0.25, 0.3) is 0 Å². The fourth-order valence-electron chi connectivity index (χ4n) is 3.15. The zero-order valence-corrected chi connectivity index (χ0v) is 9.67. The Morgan fingerprint density at radius 1 is 1.07 bits per heavy atom. The number of hydrogen-bond donors (Lipinski definition) is 0. The van der Waals surface area contributed by atoms with E-state index in [1.165, 1.54) is 64.6 Å². The topological polar surface area (TPSA) is 3.24 Å². The Morgan fingerprint density at radius 3 is 2.57 bits per heavy atom. The van der Waals surface area contributed by atoms with Crippen molar-refractivity contribution in [3.8, 4) is 0 Å². The van der Waals surface area contributed by atoms with E-state index >= 15 is 0 Å². The molecule has 2 rings (SSSR count). The summed E-state index contributed by atoms with van der Waals surface area (Å²) in [6.45, 7) is 6.53. The van der Waals surface area contributed by atoms with Gasteiger partial charge in [-0.05, 0) is 44.2 Å². The summed E-state index contributed by atoms with van der Waals surface area (Å²) >= 11 is 0. The molecular formula is C13H25N. The third-order valence-electron chi connectivity index (χ3n) is 4.07. The van der Waals surface area contributed by atoms with Gasteiger partial charge in [-0.25, -0.2) is 0 Å². The molecule has 2 aliphatic rings. The Labute approximate surface area is 88.9 Å². The molecule has 1 nitrogen and oxygen atoms in total. The molecule has 1 atom stereocenters. The van der Waals surface area contributed by atoms with Crippen LogP contribution in [0.4, 0.5) is 0 Å². The van der Waals surface area contributed by atoms with Crippen molar-refractivity contribution in [3.05, 3.63) is 0 Å². The van der Waals surface area contributed by atoms with Gasteiger partial charge in [-0.2, -0.15) is 0 Å². The van der Waals surface area contributed by atoms with Crippen molar-refractivity contribution in [1.82, 2.24) is 4.90 Å². The lowest BCUT2D eigenvalue weighted by molar-refractivity contribution is 0.173. The highest BCUT2D eigenvalue weighted by molar-refractivity contribution is 4.73. The Hall–Kier alpha value is -0.0400. The van der Waals surface area contributed by atoms with E-state index in [1.54, 1.807) is 0 Å². The molecule has 2 fully saturated rings. The van der Waals surface area contributed by atoms with Crippen LogP contribution in [-0.2, 0) is 0 Å². The minimum atomic E-state index is 0.951. The van der Waals surface area contributed by atoms with Gasteiger partial charge in [0, 0.05) is 6.54 Å². The van der Waals surface area contributed by atoms with Crippen LogP contribution in [0.3, 0.4) is 0 Å². The van der Waals surface area contributed by atoms with Gasteiger partial charge in [0.15, 0.2) is 0 Å². The second-order valence-electron chi connectivity index (χ2n) is 5.49. The van der Waals surface area contributed by atoms with E-state index < -0.39 is 0 Å². The van der Waals surface area contributed by atoms with Gasteiger partial charge in [-0.15, -0.1) is 0 Å². The highest BCUT2D eigenvalue weighted by atomic mass is 15.1. The van der Waals surface area contributed by atoms with Crippen LogP contribution >= 0.6 is 0 Å². The minimum Gasteiger partial charge on any atom is -0.303 e. The summed E-state index contributed by atoms with van der Waals surface area (Å²) in [6.07, 6.45) is 10.4. The molecule has 82 valence electrons. The van der Waals surface area contributed by atoms with Crippen molar-refractivity contribution in [2.24, 2.45) is 11.8 Å². The SMILES string of the molecule is C[C@@H]1CCCN(CCC2CCCC2)C1. The Bertz CT molecular complexity index is 161. The molecule has 0 aromatic rings. The molecule has 0 spiro atoms. The Balaban J connectivity index is 1.64. The molecule has 1 saturated heterocycles. The van der Waals surface area contributed by atoms with E-state index in [1.807, 2.05) is 0 Å². The van der Waals surface area contributed by atoms with E-state index in [2.05, 4.69) is 11.8 Å². The van der Waals surface area contributed by atoms with Gasteiger partial charge in [-0.3, -0.25) is 0 Å². The molecular weight excluding hydrogens is 170 g/mol. The highest BCUT2D eigenvalue weighted by Gasteiger charge is 2.19. The smallest absolute Gasteiger partial charge is 0.000703 e. The van der Waals surface area contributed by atoms with Crippen molar-refractivity contribution < 1.29 is 0 Å². The molecule has 0 aromatic carbocycles. The van der Waals surface area contributed by atoms with Crippen LogP contribution in [0.5, 0.6) is 0 Å². The zero-order chi connectivity index (χ0) is 9.80. The Morgan fingerprint density at radius 2 is 1.86 bits per heavy atom. The lowest BCUT2D eigenvalue weighted by Crippen LogP contribution is -2.35. The van der Waals surface area contributed by atoms with Crippen LogP contribution < -0.4 is 0 Å². The average Bonchev–Trinajstić information content (AvgIpc) is 2.67. The maximum Gasteiger partial charge on any atom is 0.000703 e. The first kappa shape index (κ1) is 10.5. The Kier molecular flexibility index (Phi) is 3.86. The van der Waals surface area contributed by atoms with E-state index in [9.17, 15) is 0 Å². The quantitative estimate of drug-likeness (QED) is 0.668. The van der Waals surface area contributed by atoms with Crippen molar-refractivity contribution in [3.63, 3.8) is 0 Å². The van der Waals surface area contributed by atoms with Crippen LogP contribution in [0.15, 0.2) is 0 Å². The third kappa shape index (κ3) is 2.98. The summed E-state index contributed by atoms with van der Waals surface area (Å²) in [5.74, 6) is 2.03. The van der Waals surface area contributed by atoms with Crippen LogP contribution in [0, 0.1) is 11.8 Å². The molecule has 0 unspecified atom stereocenters. The number of piperidine rings is 1. The minimum absolute atomic E-state index is 0.951. The van der Waals surface area contributed by atoms with Gasteiger partial charge >= 0.3 is 0 Å². The normalized spacial score (nSPS) is 31.1. The van der Waals surface area contributed by atoms with Crippen molar-refractivity contribution in [1.29, 1.82) is 0 Å². The van der Waals surface area contributed by atoms with Crippen LogP contribution in [-0.4, -0.2) is 24.5 Å². The van der Waals surface area contributed by atoms with Crippen molar-refractivity contribution in [2.75, 3.05) is 19.6 Å². The molecule has 0 amide bonds. The van der Waals surface area contributed by atoms with Crippen LogP contribution in [0.1, 0.15) is 51.9 Å². The van der Waals surface area contributed by atoms with Gasteiger partial charge in [0.25, 0.3) is 0 Å². The van der Waals surface area contributed by atoms with Gasteiger partial charge in [-0.1, -0.05) is 32.6 Å². The first-order chi connectivity index (χ1) is 6.84. The summed E-state index contributed by atoms with van der Waals surface area (Å²) in [4.78, 5) is 2.70. The second-order valence-corrected chi connectivity index (χ2v) is 5.49. The molecule has 1 saturated carbocycles. The largest absolute Gasteiger partial charge is 0.303 e. The summed E-state index contributed by atoms with van der Waals surface area (Å²) in [7, 11) is 0. The van der Waals surface area contributed by atoms with E-state index in [0.29, 0.717) is 0 Å². The standard InChI is InChI=1S/C13H25N/c1-12-5-4-9-14(11-12)10-8-13-6-2-3-7-13/h12-13H,2-11H2,1H3/t12-/m1/s1. The maximum atomic E-state index is 2.70. The average molecular weight is 195 g/mol. The molecule has 1 aliphatic carbocycles. The molecule has 0 aromatic heterocycles. The van der Waals surface area contributed by atoms with Crippen molar-refractivity contribution >= 4 is 0 Å². The van der Waals surface area contributed by atoms with E-state index in [4.69, 9.17) is 0 Å². The molecule has 0 radical (unpaired) electrons. The van der Waals surface area contributed by atoms with Gasteiger partial charge in [0.2, 0.25) is 0 Å². The first-order valence-electron chi connectivity index (χ1n) is 6.57. The molecule has 0 bridgehead atoms. The second kappa shape index (κ2) is 5.16. The monoisotopic (exact) mass is 195 g/mol. The fraction of sp³-hybridized carbons (Fsp3) is 1.00.